The first kappa shape index (κ1) is 13.7. The molecule has 3 nitrogen and oxygen atoms in total. The van der Waals surface area contributed by atoms with E-state index in [1.807, 2.05) is 18.4 Å². The summed E-state index contributed by atoms with van der Waals surface area (Å²) >= 11 is 6.70. The zero-order valence-corrected chi connectivity index (χ0v) is 11.3. The molecule has 0 saturated heterocycles. The van der Waals surface area contributed by atoms with Gasteiger partial charge in [0, 0.05) is 11.4 Å². The monoisotopic (exact) mass is 265 g/mol. The lowest BCUT2D eigenvalue weighted by Crippen LogP contribution is -2.31. The molecule has 0 radical (unpaired) electrons. The Bertz CT molecular complexity index is 399. The molecule has 0 aromatic heterocycles. The van der Waals surface area contributed by atoms with Gasteiger partial charge in [-0.25, -0.2) is 0 Å². The predicted octanol–water partition coefficient (Wildman–Crippen LogP) is 2.39. The van der Waals surface area contributed by atoms with Gasteiger partial charge in [0.15, 0.2) is 5.11 Å². The molecule has 0 spiro atoms. The zero-order chi connectivity index (χ0) is 12.5. The normalized spacial score (nSPS) is 10.2. The van der Waals surface area contributed by atoms with Crippen LogP contribution in [0.15, 0.2) is 46.9 Å². The molecule has 0 aliphatic rings. The molecule has 90 valence electrons. The highest BCUT2D eigenvalue weighted by molar-refractivity contribution is 7.98. The van der Waals surface area contributed by atoms with Crippen molar-refractivity contribution >= 4 is 35.3 Å². The van der Waals surface area contributed by atoms with Gasteiger partial charge >= 0.3 is 0 Å². The molecule has 0 fully saturated rings. The largest absolute Gasteiger partial charge is 0.358 e. The summed E-state index contributed by atoms with van der Waals surface area (Å²) in [5.41, 5.74) is 3.76. The molecule has 5 heteroatoms. The maximum atomic E-state index is 4.99. The van der Waals surface area contributed by atoms with Crippen LogP contribution in [-0.2, 0) is 0 Å². The number of benzene rings is 1. The van der Waals surface area contributed by atoms with Crippen molar-refractivity contribution in [1.82, 2.24) is 10.7 Å². The molecular weight excluding hydrogens is 250 g/mol. The molecule has 0 amide bonds. The predicted molar refractivity (Wildman–Crippen MR) is 79.8 cm³/mol. The van der Waals surface area contributed by atoms with Crippen LogP contribution >= 0.6 is 24.0 Å². The minimum atomic E-state index is 0.488. The number of thiocarbonyl (C=S) groups is 1. The number of rotatable bonds is 5. The Balaban J connectivity index is 2.42. The van der Waals surface area contributed by atoms with E-state index >= 15 is 0 Å². The first-order valence-corrected chi connectivity index (χ1v) is 6.71. The van der Waals surface area contributed by atoms with Gasteiger partial charge in [-0.1, -0.05) is 18.2 Å². The molecule has 1 rings (SSSR count). The molecule has 0 atom stereocenters. The molecule has 0 unspecified atom stereocenters. The van der Waals surface area contributed by atoms with Gasteiger partial charge in [-0.05, 0) is 36.2 Å². The molecule has 0 aliphatic heterocycles. The Labute approximate surface area is 111 Å². The summed E-state index contributed by atoms with van der Waals surface area (Å²) in [5.74, 6) is 0. The van der Waals surface area contributed by atoms with Crippen molar-refractivity contribution in [1.29, 1.82) is 0 Å². The Hall–Kier alpha value is -1.33. The third kappa shape index (κ3) is 5.51. The summed E-state index contributed by atoms with van der Waals surface area (Å²) in [6.07, 6.45) is 5.51. The number of nitrogens with one attached hydrogen (secondary N) is 2. The first-order valence-electron chi connectivity index (χ1n) is 5.08. The fourth-order valence-corrected chi connectivity index (χ4v) is 1.60. The second-order valence-electron chi connectivity index (χ2n) is 3.14. The average Bonchev–Trinajstić information content (AvgIpc) is 2.37. The van der Waals surface area contributed by atoms with Crippen LogP contribution in [0.3, 0.4) is 0 Å². The van der Waals surface area contributed by atoms with E-state index in [1.165, 1.54) is 4.90 Å². The molecule has 0 heterocycles. The van der Waals surface area contributed by atoms with Crippen molar-refractivity contribution in [2.45, 2.75) is 4.90 Å². The Morgan fingerprint density at radius 1 is 1.47 bits per heavy atom. The maximum absolute atomic E-state index is 4.99. The number of nitrogens with zero attached hydrogens (tertiary/aromatic N) is 1. The Kier molecular flexibility index (Phi) is 6.35. The van der Waals surface area contributed by atoms with Gasteiger partial charge in [0.2, 0.25) is 0 Å². The molecule has 1 aromatic carbocycles. The van der Waals surface area contributed by atoms with Gasteiger partial charge in [-0.3, -0.25) is 5.43 Å². The van der Waals surface area contributed by atoms with E-state index in [2.05, 4.69) is 34.6 Å². The summed E-state index contributed by atoms with van der Waals surface area (Å²) < 4.78 is 0. The lowest BCUT2D eigenvalue weighted by Gasteiger charge is -2.03. The highest BCUT2D eigenvalue weighted by Gasteiger charge is 1.91. The second-order valence-corrected chi connectivity index (χ2v) is 4.43. The minimum absolute atomic E-state index is 0.488. The van der Waals surface area contributed by atoms with Crippen LogP contribution in [0, 0.1) is 0 Å². The van der Waals surface area contributed by atoms with E-state index in [4.69, 9.17) is 12.2 Å². The van der Waals surface area contributed by atoms with Crippen molar-refractivity contribution in [2.24, 2.45) is 5.10 Å². The maximum Gasteiger partial charge on any atom is 0.187 e. The van der Waals surface area contributed by atoms with Gasteiger partial charge in [-0.15, -0.1) is 18.3 Å². The molecule has 17 heavy (non-hydrogen) atoms. The van der Waals surface area contributed by atoms with E-state index < -0.39 is 0 Å². The van der Waals surface area contributed by atoms with Crippen LogP contribution in [0.4, 0.5) is 0 Å². The third-order valence-corrected chi connectivity index (χ3v) is 2.88. The smallest absolute Gasteiger partial charge is 0.187 e. The lowest BCUT2D eigenvalue weighted by atomic mass is 10.2. The average molecular weight is 265 g/mol. The molecule has 2 N–H and O–H groups in total. The third-order valence-electron chi connectivity index (χ3n) is 1.90. The molecule has 0 aliphatic carbocycles. The highest BCUT2D eigenvalue weighted by Crippen LogP contribution is 2.13. The highest BCUT2D eigenvalue weighted by atomic mass is 32.2. The number of hydrazone groups is 1. The van der Waals surface area contributed by atoms with Crippen LogP contribution < -0.4 is 10.7 Å². The zero-order valence-electron chi connectivity index (χ0n) is 9.64. The van der Waals surface area contributed by atoms with Gasteiger partial charge < -0.3 is 5.32 Å². The van der Waals surface area contributed by atoms with Crippen LogP contribution in [0.25, 0.3) is 0 Å². The quantitative estimate of drug-likeness (QED) is 0.282. The fraction of sp³-hybridized carbons (Fsp3) is 0.167. The van der Waals surface area contributed by atoms with Gasteiger partial charge in [0.1, 0.15) is 0 Å². The standard InChI is InChI=1S/C12H15N3S2/c1-3-8-13-12(16)15-14-9-10-4-6-11(17-2)7-5-10/h3-7,9H,1,8H2,2H3,(H2,13,15,16)/b14-9-. The Morgan fingerprint density at radius 2 is 2.18 bits per heavy atom. The van der Waals surface area contributed by atoms with Crippen molar-refractivity contribution in [3.8, 4) is 0 Å². The van der Waals surface area contributed by atoms with Crippen LogP contribution in [0.2, 0.25) is 0 Å². The van der Waals surface area contributed by atoms with Gasteiger partial charge in [-0.2, -0.15) is 5.10 Å². The van der Waals surface area contributed by atoms with Crippen LogP contribution in [0.1, 0.15) is 5.56 Å². The SMILES string of the molecule is C=CCNC(=S)N/N=C\c1ccc(SC)cc1. The topological polar surface area (TPSA) is 36.4 Å². The minimum Gasteiger partial charge on any atom is -0.358 e. The van der Waals surface area contributed by atoms with Crippen molar-refractivity contribution in [2.75, 3.05) is 12.8 Å². The second kappa shape index (κ2) is 7.86. The summed E-state index contributed by atoms with van der Waals surface area (Å²) in [7, 11) is 0. The van der Waals surface area contributed by atoms with E-state index in [0.717, 1.165) is 5.56 Å². The molecular formula is C12H15N3S2. The van der Waals surface area contributed by atoms with Crippen LogP contribution in [0.5, 0.6) is 0 Å². The van der Waals surface area contributed by atoms with Crippen molar-refractivity contribution in [3.05, 3.63) is 42.5 Å². The molecule has 0 saturated carbocycles. The molecule has 0 bridgehead atoms. The van der Waals surface area contributed by atoms with Gasteiger partial charge in [0.05, 0.1) is 6.21 Å². The van der Waals surface area contributed by atoms with E-state index in [-0.39, 0.29) is 0 Å². The number of thioether (sulfide) groups is 1. The van der Waals surface area contributed by atoms with E-state index in [1.54, 1.807) is 24.1 Å². The van der Waals surface area contributed by atoms with Crippen molar-refractivity contribution in [3.63, 3.8) is 0 Å². The van der Waals surface area contributed by atoms with E-state index in [0.29, 0.717) is 11.7 Å². The van der Waals surface area contributed by atoms with Gasteiger partial charge in [0.25, 0.3) is 0 Å². The summed E-state index contributed by atoms with van der Waals surface area (Å²) in [4.78, 5) is 1.23. The van der Waals surface area contributed by atoms with Crippen LogP contribution in [-0.4, -0.2) is 24.1 Å². The summed E-state index contributed by atoms with van der Waals surface area (Å²) in [5, 5.41) is 7.44. The van der Waals surface area contributed by atoms with E-state index in [9.17, 15) is 0 Å². The fourth-order valence-electron chi connectivity index (χ4n) is 1.06. The number of hydrogen-bond donors (Lipinski definition) is 2. The number of hydrogen-bond acceptors (Lipinski definition) is 3. The summed E-state index contributed by atoms with van der Waals surface area (Å²) in [6.45, 7) is 4.22. The molecule has 1 aromatic rings. The van der Waals surface area contributed by atoms with Crippen molar-refractivity contribution < 1.29 is 0 Å². The lowest BCUT2D eigenvalue weighted by molar-refractivity contribution is 0.942. The summed E-state index contributed by atoms with van der Waals surface area (Å²) in [6, 6.07) is 8.13. The Morgan fingerprint density at radius 3 is 2.76 bits per heavy atom. The first-order chi connectivity index (χ1) is 8.26.